The van der Waals surface area contributed by atoms with Crippen molar-refractivity contribution in [1.82, 2.24) is 20.9 Å². The second-order valence-corrected chi connectivity index (χ2v) is 6.74. The van der Waals surface area contributed by atoms with Gasteiger partial charge in [0.05, 0.1) is 19.6 Å². The first-order valence-corrected chi connectivity index (χ1v) is 9.64. The summed E-state index contributed by atoms with van der Waals surface area (Å²) >= 11 is 0. The average molecular weight is 488 g/mol. The predicted molar refractivity (Wildman–Crippen MR) is 106 cm³/mol. The topological polar surface area (TPSA) is 254 Å². The lowest BCUT2D eigenvalue weighted by Crippen LogP contribution is -2.38. The number of nitrogens with one attached hydrogen (secondary N) is 3. The van der Waals surface area contributed by atoms with E-state index < -0.39 is 37.5 Å². The molecule has 0 aromatic heterocycles. The van der Waals surface area contributed by atoms with Gasteiger partial charge in [-0.15, -0.1) is 0 Å². The molecule has 16 heteroatoms. The largest absolute Gasteiger partial charge is 0.480 e. The van der Waals surface area contributed by atoms with E-state index in [9.17, 15) is 43.2 Å². The summed E-state index contributed by atoms with van der Waals surface area (Å²) in [5, 5.41) is 31.3. The van der Waals surface area contributed by atoms with Crippen LogP contribution < -0.4 is 16.0 Å². The molecule has 3 aliphatic heterocycles. The molecule has 6 N–H and O–H groups in total. The number of imide groups is 3. The molecule has 0 bridgehead atoms. The Hall–Kier alpha value is -4.21. The van der Waals surface area contributed by atoms with Crippen LogP contribution in [0, 0.1) is 0 Å². The Morgan fingerprint density at radius 1 is 0.500 bits per heavy atom. The zero-order chi connectivity index (χ0) is 26.3. The van der Waals surface area contributed by atoms with E-state index in [0.717, 1.165) is 4.90 Å². The molecule has 0 radical (unpaired) electrons. The lowest BCUT2D eigenvalue weighted by atomic mass is 10.4. The van der Waals surface area contributed by atoms with Crippen LogP contribution in [0.25, 0.3) is 0 Å². The summed E-state index contributed by atoms with van der Waals surface area (Å²) < 4.78 is 0. The van der Waals surface area contributed by atoms with Gasteiger partial charge in [-0.2, -0.15) is 0 Å². The third-order valence-electron chi connectivity index (χ3n) is 3.65. The van der Waals surface area contributed by atoms with Gasteiger partial charge in [-0.05, 0) is 0 Å². The lowest BCUT2D eigenvalue weighted by Gasteiger charge is -2.14. The number of rotatable bonds is 6. The van der Waals surface area contributed by atoms with Crippen molar-refractivity contribution in [3.63, 3.8) is 0 Å². The highest BCUT2D eigenvalue weighted by molar-refractivity contribution is 6.02. The molecule has 34 heavy (non-hydrogen) atoms. The summed E-state index contributed by atoms with van der Waals surface area (Å²) in [6.45, 7) is -1.80. The van der Waals surface area contributed by atoms with Crippen LogP contribution in [0.5, 0.6) is 0 Å². The molecule has 0 aromatic carbocycles. The summed E-state index contributed by atoms with van der Waals surface area (Å²) in [5.41, 5.74) is 0. The maximum Gasteiger partial charge on any atom is 0.317 e. The minimum Gasteiger partial charge on any atom is -0.480 e. The van der Waals surface area contributed by atoms with Gasteiger partial charge in [-0.25, -0.2) is 0 Å². The van der Waals surface area contributed by atoms with Crippen LogP contribution in [0.2, 0.25) is 0 Å². The summed E-state index contributed by atoms with van der Waals surface area (Å²) in [6, 6.07) is 0. The van der Waals surface area contributed by atoms with E-state index in [2.05, 4.69) is 16.0 Å². The van der Waals surface area contributed by atoms with Crippen LogP contribution in [-0.2, 0) is 43.2 Å². The number of nitrogens with zero attached hydrogens (tertiary/aromatic N) is 1. The van der Waals surface area contributed by atoms with Crippen molar-refractivity contribution < 1.29 is 58.5 Å². The zero-order valence-corrected chi connectivity index (χ0v) is 17.8. The Bertz CT molecular complexity index is 703. The number of hydrogen-bond donors (Lipinski definition) is 6. The quantitative estimate of drug-likeness (QED) is 0.202. The Kier molecular flexibility index (Phi) is 13.6. The number of carbonyl (C=O) groups excluding carboxylic acids is 6. The molecule has 3 rings (SSSR count). The fourth-order valence-corrected chi connectivity index (χ4v) is 2.26. The monoisotopic (exact) mass is 488 g/mol. The maximum atomic E-state index is 10.1. The van der Waals surface area contributed by atoms with Crippen molar-refractivity contribution in [2.24, 2.45) is 0 Å². The fourth-order valence-electron chi connectivity index (χ4n) is 2.26. The molecular weight excluding hydrogens is 464 g/mol. The third kappa shape index (κ3) is 16.5. The highest BCUT2D eigenvalue weighted by Crippen LogP contribution is 1.97. The number of aliphatic carboxylic acids is 3. The summed E-state index contributed by atoms with van der Waals surface area (Å²) in [6.07, 6.45) is 2.24. The second-order valence-electron chi connectivity index (χ2n) is 6.74. The van der Waals surface area contributed by atoms with Gasteiger partial charge in [0.15, 0.2) is 0 Å². The molecule has 0 saturated carbocycles. The first-order chi connectivity index (χ1) is 15.8. The standard InChI is InChI=1S/C6H9NO6.3C4H5NO2/c8-4(9)1-7(2-5(10)11)3-6(12)13;3*6-3-1-2-4(7)5-3/h1-3H2,(H,8,9)(H,10,11)(H,12,13);3*1-2H2,(H,5,6,7). The van der Waals surface area contributed by atoms with Gasteiger partial charge in [0.1, 0.15) is 0 Å². The van der Waals surface area contributed by atoms with E-state index in [1.807, 2.05) is 0 Å². The number of hydrogen-bond acceptors (Lipinski definition) is 10. The second kappa shape index (κ2) is 15.6. The molecule has 16 nitrogen and oxygen atoms in total. The summed E-state index contributed by atoms with van der Waals surface area (Å²) in [7, 11) is 0. The number of amides is 6. The van der Waals surface area contributed by atoms with Crippen molar-refractivity contribution in [2.75, 3.05) is 19.6 Å². The molecule has 0 spiro atoms. The van der Waals surface area contributed by atoms with Crippen LogP contribution in [0.1, 0.15) is 38.5 Å². The van der Waals surface area contributed by atoms with E-state index in [-0.39, 0.29) is 35.4 Å². The molecule has 0 aliphatic carbocycles. The first kappa shape index (κ1) is 29.8. The summed E-state index contributed by atoms with van der Waals surface area (Å²) in [4.78, 5) is 92.0. The van der Waals surface area contributed by atoms with Crippen molar-refractivity contribution in [3.8, 4) is 0 Å². The van der Waals surface area contributed by atoms with Crippen molar-refractivity contribution in [2.45, 2.75) is 38.5 Å². The Morgan fingerprint density at radius 3 is 0.765 bits per heavy atom. The minimum atomic E-state index is -1.26. The molecule has 3 fully saturated rings. The van der Waals surface area contributed by atoms with E-state index in [1.165, 1.54) is 0 Å². The number of carboxylic acids is 3. The van der Waals surface area contributed by atoms with Gasteiger partial charge < -0.3 is 15.3 Å². The maximum absolute atomic E-state index is 10.1. The van der Waals surface area contributed by atoms with Crippen molar-refractivity contribution in [1.29, 1.82) is 0 Å². The Labute approximate surface area is 191 Å². The van der Waals surface area contributed by atoms with Gasteiger partial charge in [-0.1, -0.05) is 0 Å². The highest BCUT2D eigenvalue weighted by Gasteiger charge is 2.17. The number of carbonyl (C=O) groups is 9. The van der Waals surface area contributed by atoms with Crippen LogP contribution in [0.3, 0.4) is 0 Å². The molecule has 0 unspecified atom stereocenters. The predicted octanol–water partition coefficient (Wildman–Crippen LogP) is -3.19. The van der Waals surface area contributed by atoms with Crippen LogP contribution in [0.15, 0.2) is 0 Å². The van der Waals surface area contributed by atoms with Crippen molar-refractivity contribution >= 4 is 53.4 Å². The molecule has 188 valence electrons. The van der Waals surface area contributed by atoms with E-state index in [4.69, 9.17) is 15.3 Å². The fraction of sp³-hybridized carbons (Fsp3) is 0.500. The van der Waals surface area contributed by atoms with E-state index in [0.29, 0.717) is 38.5 Å². The average Bonchev–Trinajstić information content (AvgIpc) is 3.37. The SMILES string of the molecule is O=C(O)CN(CC(=O)O)CC(=O)O.O=C1CCC(=O)N1.O=C1CCC(=O)N1.O=C1CCC(=O)N1. The molecule has 6 amide bonds. The van der Waals surface area contributed by atoms with Crippen LogP contribution >= 0.6 is 0 Å². The van der Waals surface area contributed by atoms with Gasteiger partial charge in [-0.3, -0.25) is 64.0 Å². The lowest BCUT2D eigenvalue weighted by molar-refractivity contribution is -0.145. The number of carboxylic acid groups (broad SMARTS) is 3. The van der Waals surface area contributed by atoms with Gasteiger partial charge in [0, 0.05) is 38.5 Å². The van der Waals surface area contributed by atoms with Gasteiger partial charge in [0.2, 0.25) is 35.4 Å². The van der Waals surface area contributed by atoms with Crippen molar-refractivity contribution in [3.05, 3.63) is 0 Å². The molecule has 3 saturated heterocycles. The van der Waals surface area contributed by atoms with Gasteiger partial charge in [0.25, 0.3) is 0 Å². The highest BCUT2D eigenvalue weighted by atomic mass is 16.4. The first-order valence-electron chi connectivity index (χ1n) is 9.64. The molecular formula is C18H24N4O12. The van der Waals surface area contributed by atoms with E-state index >= 15 is 0 Å². The third-order valence-corrected chi connectivity index (χ3v) is 3.65. The molecule has 0 atom stereocenters. The van der Waals surface area contributed by atoms with E-state index in [1.54, 1.807) is 0 Å². The molecule has 0 aromatic rings. The normalized spacial score (nSPS) is 16.1. The smallest absolute Gasteiger partial charge is 0.317 e. The molecule has 3 aliphatic rings. The Morgan fingerprint density at radius 2 is 0.676 bits per heavy atom. The van der Waals surface area contributed by atoms with Gasteiger partial charge >= 0.3 is 17.9 Å². The van der Waals surface area contributed by atoms with Crippen LogP contribution in [-0.4, -0.2) is 93.2 Å². The zero-order valence-electron chi connectivity index (χ0n) is 17.8. The minimum absolute atomic E-state index is 0.148. The molecule has 3 heterocycles. The van der Waals surface area contributed by atoms with Crippen LogP contribution in [0.4, 0.5) is 0 Å². The Balaban J connectivity index is 0.000000445. The summed E-state index contributed by atoms with van der Waals surface area (Å²) in [5.74, 6) is -4.67.